The van der Waals surface area contributed by atoms with Crippen LogP contribution in [-0.2, 0) is 9.47 Å². The van der Waals surface area contributed by atoms with Gasteiger partial charge in [-0.1, -0.05) is 0 Å². The lowest BCUT2D eigenvalue weighted by molar-refractivity contribution is 0.0316. The molecule has 0 bridgehead atoms. The highest BCUT2D eigenvalue weighted by Gasteiger charge is 2.27. The van der Waals surface area contributed by atoms with Crippen molar-refractivity contribution in [1.82, 2.24) is 4.98 Å². The molecule has 0 spiro atoms. The molecule has 2 aromatic rings. The molecule has 1 aromatic heterocycles. The zero-order valence-corrected chi connectivity index (χ0v) is 14.3. The predicted octanol–water partition coefficient (Wildman–Crippen LogP) is 2.99. The molecule has 0 radical (unpaired) electrons. The van der Waals surface area contributed by atoms with Crippen LogP contribution in [0.15, 0.2) is 24.3 Å². The number of benzene rings is 1. The Labute approximate surface area is 143 Å². The number of ketones is 1. The van der Waals surface area contributed by atoms with Crippen molar-refractivity contribution in [3.8, 4) is 0 Å². The first-order valence-corrected chi connectivity index (χ1v) is 7.54. The lowest BCUT2D eigenvalue weighted by Gasteiger charge is -2.12. The molecule has 0 aliphatic carbocycles. The van der Waals surface area contributed by atoms with Crippen LogP contribution in [0, 0.1) is 19.7 Å². The molecule has 1 heterocycles. The van der Waals surface area contributed by atoms with Gasteiger partial charge >= 0.3 is 11.9 Å². The van der Waals surface area contributed by atoms with Gasteiger partial charge in [-0.2, -0.15) is 0 Å². The Balaban J connectivity index is 2.19. The summed E-state index contributed by atoms with van der Waals surface area (Å²) in [7, 11) is 1.25. The maximum absolute atomic E-state index is 12.9. The number of Topliss-reactive ketones (excluding diaryl/α,β-unsaturated/α-hetero) is 1. The second kappa shape index (κ2) is 7.29. The molecule has 0 fully saturated rings. The smallest absolute Gasteiger partial charge is 0.339 e. The van der Waals surface area contributed by atoms with Crippen LogP contribution in [0.3, 0.4) is 0 Å². The van der Waals surface area contributed by atoms with Gasteiger partial charge in [-0.3, -0.25) is 4.79 Å². The van der Waals surface area contributed by atoms with Crippen LogP contribution in [0.25, 0.3) is 0 Å². The summed E-state index contributed by atoms with van der Waals surface area (Å²) in [6.07, 6.45) is -1.08. The minimum atomic E-state index is -1.08. The Morgan fingerprint density at radius 1 is 1.08 bits per heavy atom. The molecule has 2 rings (SSSR count). The molecule has 1 atom stereocenters. The van der Waals surface area contributed by atoms with Crippen molar-refractivity contribution >= 4 is 17.7 Å². The van der Waals surface area contributed by atoms with Gasteiger partial charge in [-0.05, 0) is 50.6 Å². The van der Waals surface area contributed by atoms with Crippen molar-refractivity contribution in [3.63, 3.8) is 0 Å². The molecular formula is C18H18FNO5. The molecule has 0 aliphatic rings. The number of aryl methyl sites for hydroxylation is 1. The summed E-state index contributed by atoms with van der Waals surface area (Å²) in [6, 6.07) is 4.80. The Bertz CT molecular complexity index is 823. The van der Waals surface area contributed by atoms with Crippen molar-refractivity contribution in [2.24, 2.45) is 0 Å². The van der Waals surface area contributed by atoms with Gasteiger partial charge in [0.25, 0.3) is 0 Å². The highest BCUT2D eigenvalue weighted by atomic mass is 19.1. The highest BCUT2D eigenvalue weighted by Crippen LogP contribution is 2.21. The van der Waals surface area contributed by atoms with Crippen molar-refractivity contribution in [3.05, 3.63) is 58.2 Å². The van der Waals surface area contributed by atoms with Crippen LogP contribution in [0.2, 0.25) is 0 Å². The van der Waals surface area contributed by atoms with Crippen LogP contribution in [0.5, 0.6) is 0 Å². The predicted molar refractivity (Wildman–Crippen MR) is 87.2 cm³/mol. The molecule has 25 heavy (non-hydrogen) atoms. The van der Waals surface area contributed by atoms with E-state index in [4.69, 9.17) is 9.47 Å². The average Bonchev–Trinajstić information content (AvgIpc) is 2.88. The van der Waals surface area contributed by atoms with E-state index in [2.05, 4.69) is 4.98 Å². The van der Waals surface area contributed by atoms with Crippen LogP contribution in [0.1, 0.15) is 49.4 Å². The number of aromatic amines is 1. The van der Waals surface area contributed by atoms with Crippen molar-refractivity contribution in [2.45, 2.75) is 26.9 Å². The summed E-state index contributed by atoms with van der Waals surface area (Å²) >= 11 is 0. The molecule has 6 nitrogen and oxygen atoms in total. The summed E-state index contributed by atoms with van der Waals surface area (Å²) in [5.74, 6) is -2.25. The minimum Gasteiger partial charge on any atom is -0.465 e. The largest absolute Gasteiger partial charge is 0.465 e. The van der Waals surface area contributed by atoms with Crippen molar-refractivity contribution in [1.29, 1.82) is 0 Å². The van der Waals surface area contributed by atoms with E-state index < -0.39 is 29.6 Å². The average molecular weight is 347 g/mol. The fourth-order valence-corrected chi connectivity index (χ4v) is 2.48. The fourth-order valence-electron chi connectivity index (χ4n) is 2.48. The number of carbonyl (C=O) groups excluding carboxylic acids is 3. The Hall–Kier alpha value is -2.96. The standard InChI is InChI=1S/C18H18FNO5/c1-9-14(18(23)24-4)10(2)20-15(9)16(21)11(3)25-17(22)12-5-7-13(19)8-6-12/h5-8,11,20H,1-4H3/t11-/m0/s1. The van der Waals surface area contributed by atoms with Gasteiger partial charge in [0.15, 0.2) is 6.10 Å². The third-order valence-electron chi connectivity index (χ3n) is 3.81. The molecule has 0 aliphatic heterocycles. The zero-order valence-electron chi connectivity index (χ0n) is 14.3. The molecular weight excluding hydrogens is 329 g/mol. The number of carbonyl (C=O) groups is 3. The van der Waals surface area contributed by atoms with Gasteiger partial charge < -0.3 is 14.5 Å². The van der Waals surface area contributed by atoms with E-state index >= 15 is 0 Å². The number of hydrogen-bond acceptors (Lipinski definition) is 5. The number of aromatic nitrogens is 1. The third-order valence-corrected chi connectivity index (χ3v) is 3.81. The number of rotatable bonds is 5. The topological polar surface area (TPSA) is 85.5 Å². The van der Waals surface area contributed by atoms with Gasteiger partial charge in [0.05, 0.1) is 23.9 Å². The van der Waals surface area contributed by atoms with E-state index in [9.17, 15) is 18.8 Å². The molecule has 1 aromatic carbocycles. The van der Waals surface area contributed by atoms with E-state index in [1.54, 1.807) is 13.8 Å². The maximum Gasteiger partial charge on any atom is 0.339 e. The number of nitrogens with one attached hydrogen (secondary N) is 1. The molecule has 0 saturated heterocycles. The van der Waals surface area contributed by atoms with E-state index in [0.29, 0.717) is 11.3 Å². The van der Waals surface area contributed by atoms with Crippen LogP contribution in [0.4, 0.5) is 4.39 Å². The van der Waals surface area contributed by atoms with Gasteiger partial charge in [0.2, 0.25) is 5.78 Å². The van der Waals surface area contributed by atoms with Crippen LogP contribution >= 0.6 is 0 Å². The highest BCUT2D eigenvalue weighted by molar-refractivity contribution is 6.04. The van der Waals surface area contributed by atoms with Crippen molar-refractivity contribution in [2.75, 3.05) is 7.11 Å². The molecule has 132 valence electrons. The fraction of sp³-hybridized carbons (Fsp3) is 0.278. The number of esters is 2. The molecule has 1 N–H and O–H groups in total. The number of halogens is 1. The lowest BCUT2D eigenvalue weighted by atomic mass is 10.1. The summed E-state index contributed by atoms with van der Waals surface area (Å²) in [6.45, 7) is 4.68. The monoisotopic (exact) mass is 347 g/mol. The Morgan fingerprint density at radius 2 is 1.68 bits per heavy atom. The van der Waals surface area contributed by atoms with E-state index in [0.717, 1.165) is 12.1 Å². The first-order valence-electron chi connectivity index (χ1n) is 7.54. The summed E-state index contributed by atoms with van der Waals surface area (Å²) in [4.78, 5) is 39.2. The minimum absolute atomic E-state index is 0.135. The van der Waals surface area contributed by atoms with Gasteiger partial charge in [0.1, 0.15) is 5.82 Å². The SMILES string of the molecule is COC(=O)c1c(C)[nH]c(C(=O)[C@H](C)OC(=O)c2ccc(F)cc2)c1C. The second-order valence-corrected chi connectivity index (χ2v) is 5.54. The first-order chi connectivity index (χ1) is 11.8. The van der Waals surface area contributed by atoms with Crippen LogP contribution < -0.4 is 0 Å². The normalized spacial score (nSPS) is 11.7. The third kappa shape index (κ3) is 3.76. The van der Waals surface area contributed by atoms with Gasteiger partial charge in [-0.15, -0.1) is 0 Å². The van der Waals surface area contributed by atoms with E-state index in [-0.39, 0.29) is 16.8 Å². The number of ether oxygens (including phenoxy) is 2. The second-order valence-electron chi connectivity index (χ2n) is 5.54. The van der Waals surface area contributed by atoms with Crippen LogP contribution in [-0.4, -0.2) is 35.9 Å². The lowest BCUT2D eigenvalue weighted by Crippen LogP contribution is -2.25. The van der Waals surface area contributed by atoms with E-state index in [1.807, 2.05) is 0 Å². The van der Waals surface area contributed by atoms with Gasteiger partial charge in [0, 0.05) is 5.69 Å². The molecule has 0 unspecified atom stereocenters. The molecule has 0 amide bonds. The molecule has 0 saturated carbocycles. The number of hydrogen-bond donors (Lipinski definition) is 1. The summed E-state index contributed by atoms with van der Waals surface area (Å²) in [5.41, 5.74) is 1.51. The zero-order chi connectivity index (χ0) is 18.7. The molecule has 7 heteroatoms. The number of methoxy groups -OCH3 is 1. The quantitative estimate of drug-likeness (QED) is 0.664. The van der Waals surface area contributed by atoms with Gasteiger partial charge in [-0.25, -0.2) is 14.0 Å². The number of H-pyrrole nitrogens is 1. The Kier molecular flexibility index (Phi) is 5.36. The first kappa shape index (κ1) is 18.4. The summed E-state index contributed by atoms with van der Waals surface area (Å²) < 4.78 is 22.7. The Morgan fingerprint density at radius 3 is 2.24 bits per heavy atom. The van der Waals surface area contributed by atoms with Crippen molar-refractivity contribution < 1.29 is 28.2 Å². The summed E-state index contributed by atoms with van der Waals surface area (Å²) in [5, 5.41) is 0. The van der Waals surface area contributed by atoms with E-state index in [1.165, 1.54) is 26.2 Å². The maximum atomic E-state index is 12.9.